The van der Waals surface area contributed by atoms with Gasteiger partial charge in [-0.15, -0.1) is 5.10 Å². The van der Waals surface area contributed by atoms with Gasteiger partial charge in [0.05, 0.1) is 11.0 Å². The number of nitrogens with zero attached hydrogens (tertiary/aromatic N) is 2. The highest BCUT2D eigenvalue weighted by Gasteiger charge is 2.07. The Bertz CT molecular complexity index is 546. The van der Waals surface area contributed by atoms with Crippen LogP contribution in [0.15, 0.2) is 27.1 Å². The monoisotopic (exact) mass is 328 g/mol. The molecule has 2 rings (SSSR count). The minimum atomic E-state index is -0.352. The molecule has 0 amide bonds. The topological polar surface area (TPSA) is 63.0 Å². The molecule has 2 aromatic rings. The molecule has 0 saturated heterocycles. The van der Waals surface area contributed by atoms with Gasteiger partial charge in [0, 0.05) is 5.69 Å². The molecule has 102 valence electrons. The molecule has 7 heteroatoms. The SMILES string of the molecule is CCCNCc1nnc(Nc2ccc(Br)c(F)c2)o1. The van der Waals surface area contributed by atoms with Crippen molar-refractivity contribution in [1.29, 1.82) is 0 Å². The smallest absolute Gasteiger partial charge is 0.320 e. The van der Waals surface area contributed by atoms with E-state index in [-0.39, 0.29) is 11.8 Å². The lowest BCUT2D eigenvalue weighted by atomic mass is 10.3. The number of hydrogen-bond donors (Lipinski definition) is 2. The number of nitrogens with one attached hydrogen (secondary N) is 2. The van der Waals surface area contributed by atoms with E-state index in [1.54, 1.807) is 12.1 Å². The van der Waals surface area contributed by atoms with Crippen LogP contribution in [0.3, 0.4) is 0 Å². The second-order valence-electron chi connectivity index (χ2n) is 3.93. The first-order chi connectivity index (χ1) is 9.19. The summed E-state index contributed by atoms with van der Waals surface area (Å²) < 4.78 is 19.1. The molecule has 0 aliphatic rings. The average Bonchev–Trinajstić information content (AvgIpc) is 2.82. The first kappa shape index (κ1) is 14.0. The van der Waals surface area contributed by atoms with Crippen LogP contribution in [0.4, 0.5) is 16.1 Å². The molecule has 1 aromatic heterocycles. The summed E-state index contributed by atoms with van der Waals surface area (Å²) in [5, 5.41) is 13.7. The number of halogens is 2. The van der Waals surface area contributed by atoms with Crippen LogP contribution < -0.4 is 10.6 Å². The van der Waals surface area contributed by atoms with Gasteiger partial charge in [0.15, 0.2) is 0 Å². The Balaban J connectivity index is 1.97. The zero-order chi connectivity index (χ0) is 13.7. The van der Waals surface area contributed by atoms with Crippen molar-refractivity contribution in [2.75, 3.05) is 11.9 Å². The molecule has 0 saturated carbocycles. The third-order valence-electron chi connectivity index (χ3n) is 2.34. The summed E-state index contributed by atoms with van der Waals surface area (Å²) in [6, 6.07) is 4.92. The van der Waals surface area contributed by atoms with Crippen molar-refractivity contribution in [2.24, 2.45) is 0 Å². The van der Waals surface area contributed by atoms with Crippen molar-refractivity contribution >= 4 is 27.6 Å². The highest BCUT2D eigenvalue weighted by molar-refractivity contribution is 9.10. The van der Waals surface area contributed by atoms with Gasteiger partial charge in [-0.1, -0.05) is 12.0 Å². The highest BCUT2D eigenvalue weighted by Crippen LogP contribution is 2.21. The lowest BCUT2D eigenvalue weighted by molar-refractivity contribution is 0.479. The number of anilines is 2. The van der Waals surface area contributed by atoms with Crippen molar-refractivity contribution in [2.45, 2.75) is 19.9 Å². The molecule has 0 fully saturated rings. The van der Waals surface area contributed by atoms with Crippen LogP contribution in [0, 0.1) is 5.82 Å². The third-order valence-corrected chi connectivity index (χ3v) is 2.98. The van der Waals surface area contributed by atoms with Gasteiger partial charge in [-0.05, 0) is 47.1 Å². The van der Waals surface area contributed by atoms with Crippen LogP contribution in [0.5, 0.6) is 0 Å². The van der Waals surface area contributed by atoms with Gasteiger partial charge in [-0.3, -0.25) is 0 Å². The number of benzene rings is 1. The largest absolute Gasteiger partial charge is 0.406 e. The van der Waals surface area contributed by atoms with E-state index >= 15 is 0 Å². The molecule has 5 nitrogen and oxygen atoms in total. The van der Waals surface area contributed by atoms with Gasteiger partial charge in [0.2, 0.25) is 5.89 Å². The summed E-state index contributed by atoms with van der Waals surface area (Å²) in [6.07, 6.45) is 1.04. The Morgan fingerprint density at radius 2 is 2.21 bits per heavy atom. The van der Waals surface area contributed by atoms with Crippen LogP contribution >= 0.6 is 15.9 Å². The lowest BCUT2D eigenvalue weighted by Gasteiger charge is -2.02. The Kier molecular flexibility index (Phi) is 4.86. The van der Waals surface area contributed by atoms with Gasteiger partial charge in [-0.25, -0.2) is 4.39 Å². The van der Waals surface area contributed by atoms with Gasteiger partial charge in [0.25, 0.3) is 0 Å². The van der Waals surface area contributed by atoms with E-state index in [0.717, 1.165) is 13.0 Å². The van der Waals surface area contributed by atoms with E-state index in [0.29, 0.717) is 22.6 Å². The van der Waals surface area contributed by atoms with Crippen molar-refractivity contribution < 1.29 is 8.81 Å². The fourth-order valence-corrected chi connectivity index (χ4v) is 1.69. The van der Waals surface area contributed by atoms with Crippen molar-refractivity contribution in [3.63, 3.8) is 0 Å². The third kappa shape index (κ3) is 4.00. The van der Waals surface area contributed by atoms with E-state index < -0.39 is 0 Å². The summed E-state index contributed by atoms with van der Waals surface area (Å²) in [7, 11) is 0. The molecule has 0 unspecified atom stereocenters. The highest BCUT2D eigenvalue weighted by atomic mass is 79.9. The van der Waals surface area contributed by atoms with Crippen molar-refractivity contribution in [3.8, 4) is 0 Å². The van der Waals surface area contributed by atoms with Gasteiger partial charge < -0.3 is 15.1 Å². The quantitative estimate of drug-likeness (QED) is 0.797. The zero-order valence-electron chi connectivity index (χ0n) is 10.4. The molecule has 0 spiro atoms. The Hall–Kier alpha value is -1.47. The second-order valence-corrected chi connectivity index (χ2v) is 4.79. The second kappa shape index (κ2) is 6.63. The normalized spacial score (nSPS) is 10.7. The van der Waals surface area contributed by atoms with E-state index in [9.17, 15) is 4.39 Å². The van der Waals surface area contributed by atoms with Gasteiger partial charge in [-0.2, -0.15) is 0 Å². The van der Waals surface area contributed by atoms with E-state index in [1.165, 1.54) is 6.07 Å². The van der Waals surface area contributed by atoms with Crippen molar-refractivity contribution in [1.82, 2.24) is 15.5 Å². The molecule has 0 aliphatic carbocycles. The number of hydrogen-bond acceptors (Lipinski definition) is 5. The van der Waals surface area contributed by atoms with E-state index in [4.69, 9.17) is 4.42 Å². The summed E-state index contributed by atoms with van der Waals surface area (Å²) in [4.78, 5) is 0. The summed E-state index contributed by atoms with van der Waals surface area (Å²) in [6.45, 7) is 3.50. The lowest BCUT2D eigenvalue weighted by Crippen LogP contribution is -2.13. The molecular weight excluding hydrogens is 315 g/mol. The molecule has 0 bridgehead atoms. The Morgan fingerprint density at radius 1 is 1.37 bits per heavy atom. The summed E-state index contributed by atoms with van der Waals surface area (Å²) in [5.41, 5.74) is 0.553. The predicted molar refractivity (Wildman–Crippen MR) is 73.7 cm³/mol. The van der Waals surface area contributed by atoms with Crippen LogP contribution in [0.1, 0.15) is 19.2 Å². The fraction of sp³-hybridized carbons (Fsp3) is 0.333. The minimum absolute atomic E-state index is 0.245. The average molecular weight is 329 g/mol. The fourth-order valence-electron chi connectivity index (χ4n) is 1.45. The van der Waals surface area contributed by atoms with Crippen LogP contribution in [-0.2, 0) is 6.54 Å². The van der Waals surface area contributed by atoms with Crippen LogP contribution in [0.2, 0.25) is 0 Å². The molecule has 0 atom stereocenters. The molecule has 19 heavy (non-hydrogen) atoms. The molecule has 0 aliphatic heterocycles. The number of rotatable bonds is 6. The molecule has 2 N–H and O–H groups in total. The summed E-state index contributed by atoms with van der Waals surface area (Å²) in [5.74, 6) is 0.142. The first-order valence-electron chi connectivity index (χ1n) is 5.94. The molecule has 1 heterocycles. The Morgan fingerprint density at radius 3 is 2.95 bits per heavy atom. The van der Waals surface area contributed by atoms with Gasteiger partial charge >= 0.3 is 6.01 Å². The van der Waals surface area contributed by atoms with Gasteiger partial charge in [0.1, 0.15) is 5.82 Å². The summed E-state index contributed by atoms with van der Waals surface area (Å²) >= 11 is 3.09. The van der Waals surface area contributed by atoms with Crippen molar-refractivity contribution in [3.05, 3.63) is 34.4 Å². The Labute approximate surface area is 118 Å². The maximum absolute atomic E-state index is 13.3. The maximum Gasteiger partial charge on any atom is 0.320 e. The molecule has 0 radical (unpaired) electrons. The molecular formula is C12H14BrFN4O. The maximum atomic E-state index is 13.3. The van der Waals surface area contributed by atoms with Crippen LogP contribution in [0.25, 0.3) is 0 Å². The van der Waals surface area contributed by atoms with E-state index in [1.807, 2.05) is 0 Å². The predicted octanol–water partition coefficient (Wildman–Crippen LogP) is 3.21. The van der Waals surface area contributed by atoms with E-state index in [2.05, 4.69) is 43.7 Å². The zero-order valence-corrected chi connectivity index (χ0v) is 12.0. The first-order valence-corrected chi connectivity index (χ1v) is 6.73. The molecule has 1 aromatic carbocycles. The number of aromatic nitrogens is 2. The minimum Gasteiger partial charge on any atom is -0.406 e. The standard InChI is InChI=1S/C12H14BrFN4O/c1-2-5-15-7-11-17-18-12(19-11)16-8-3-4-9(13)10(14)6-8/h3-4,6,15H,2,5,7H2,1H3,(H,16,18). The van der Waals surface area contributed by atoms with Crippen LogP contribution in [-0.4, -0.2) is 16.7 Å².